The fraction of sp³-hybridized carbons (Fsp3) is 0.277. The Hall–Kier alpha value is -10.2. The molecule has 0 aliphatic heterocycles. The minimum atomic E-state index is -1.21. The number of hydrogen-bond acceptors (Lipinski definition) is 10. The van der Waals surface area contributed by atoms with Crippen LogP contribution in [-0.4, -0.2) is 11.6 Å². The largest absolute Gasteiger partial charge is 0.289 e. The highest BCUT2D eigenvalue weighted by atomic mass is 32.1. The standard InChI is InChI=1S/C94H78F4N4O2S4/c1-5-9-13-17-21-55-25-33-61(34-26-55)93(62-35-27-56(28-36-62)22-18-14-10-6-2)75-43-65(41-73-83(59(51-99)52-100)67-45-77(95)79(97)47-69(67)87(73)103)105-89(75)91-85(93)71-49-82-72(50-81(71)107-91)86-92(108-82)90-76(44-66(106-90)42-74-84(60(53-101)54-102)68-46-78(96)80(98)48-70(68)88(74)104)94(86,63-37-29-57(30-38-63)23-19-15-11-7-3)64-39-31-58(32-40-64)24-20-16-12-8-4/h25-50H,5-24H2,1-4H3/b73-41-,74-42-. The number of hydrogen-bond donors (Lipinski definition) is 0. The van der Waals surface area contributed by atoms with Crippen LogP contribution in [0.3, 0.4) is 0 Å². The van der Waals surface area contributed by atoms with E-state index in [4.69, 9.17) is 0 Å². The number of unbranched alkanes of at least 4 members (excludes halogenated alkanes) is 12. The van der Waals surface area contributed by atoms with Crippen LogP contribution in [0, 0.1) is 68.6 Å². The second-order valence-electron chi connectivity index (χ2n) is 29.1. The summed E-state index contributed by atoms with van der Waals surface area (Å²) in [7, 11) is 0. The van der Waals surface area contributed by atoms with E-state index in [0.717, 1.165) is 237 Å². The van der Waals surface area contributed by atoms with Gasteiger partial charge in [0.2, 0.25) is 0 Å². The third kappa shape index (κ3) is 12.6. The molecule has 0 fully saturated rings. The smallest absolute Gasteiger partial charge is 0.194 e. The number of carbonyl (C=O) groups excluding carboxylic acids is 2. The molecule has 0 N–H and O–H groups in total. The van der Waals surface area contributed by atoms with E-state index in [2.05, 4.69) is 149 Å². The minimum absolute atomic E-state index is 0.00590. The molecule has 7 aromatic carbocycles. The van der Waals surface area contributed by atoms with E-state index in [9.17, 15) is 30.6 Å². The van der Waals surface area contributed by atoms with Gasteiger partial charge in [-0.3, -0.25) is 9.59 Å². The molecule has 15 rings (SSSR count). The van der Waals surface area contributed by atoms with Gasteiger partial charge in [-0.05, 0) is 201 Å². The first kappa shape index (κ1) is 73.4. The third-order valence-electron chi connectivity index (χ3n) is 22.5. The highest BCUT2D eigenvalue weighted by Crippen LogP contribution is 2.67. The first-order valence-electron chi connectivity index (χ1n) is 38.0. The second kappa shape index (κ2) is 30.8. The molecule has 0 bridgehead atoms. The van der Waals surface area contributed by atoms with E-state index >= 15 is 17.6 Å². The Labute approximate surface area is 644 Å². The predicted octanol–water partition coefficient (Wildman–Crippen LogP) is 26.2. The fourth-order valence-electron chi connectivity index (χ4n) is 17.2. The van der Waals surface area contributed by atoms with Crippen LogP contribution < -0.4 is 0 Å². The Balaban J connectivity index is 0.995. The quantitative estimate of drug-likeness (QED) is 0.0230. The normalized spacial score (nSPS) is 14.8. The van der Waals surface area contributed by atoms with Crippen LogP contribution in [0.5, 0.6) is 0 Å². The zero-order chi connectivity index (χ0) is 75.1. The van der Waals surface area contributed by atoms with Crippen molar-refractivity contribution in [2.24, 2.45) is 0 Å². The lowest BCUT2D eigenvalue weighted by atomic mass is 9.66. The fourth-order valence-corrected chi connectivity index (χ4v) is 22.4. The SMILES string of the molecule is CCCCCCc1ccc(C2(c3ccc(CCCCCC)cc3)c3cc(/C=C4\C(=O)c5cc(F)c(F)cc5C4=C(C#N)C#N)sc3-c3sc4cc5c6c(sc5cc4c32)-c2sc(/C=C3\C(=O)c4cc(F)c(F)cc4C3=C(C#N)C#N)cc2C6(c2ccc(CCCCCC)cc2)c2ccc(CCCCCC)cc2)cc1. The third-order valence-corrected chi connectivity index (χ3v) is 27.3. The molecule has 0 spiro atoms. The van der Waals surface area contributed by atoms with Gasteiger partial charge < -0.3 is 0 Å². The Bertz CT molecular complexity index is 5270. The summed E-state index contributed by atoms with van der Waals surface area (Å²) in [5.74, 6) is -6.04. The van der Waals surface area contributed by atoms with Crippen molar-refractivity contribution in [2.75, 3.05) is 0 Å². The summed E-state index contributed by atoms with van der Waals surface area (Å²) in [5, 5.41) is 43.9. The van der Waals surface area contributed by atoms with Crippen LogP contribution in [-0.2, 0) is 36.5 Å². The van der Waals surface area contributed by atoms with Crippen molar-refractivity contribution in [3.05, 3.63) is 290 Å². The van der Waals surface area contributed by atoms with Crippen molar-refractivity contribution in [2.45, 2.75) is 167 Å². The van der Waals surface area contributed by atoms with E-state index in [-0.39, 0.29) is 55.7 Å². The Morgan fingerprint density at radius 2 is 0.648 bits per heavy atom. The van der Waals surface area contributed by atoms with Crippen LogP contribution in [0.15, 0.2) is 168 Å². The molecule has 0 atom stereocenters. The van der Waals surface area contributed by atoms with Gasteiger partial charge in [-0.15, -0.1) is 45.3 Å². The summed E-state index contributed by atoms with van der Waals surface area (Å²) in [4.78, 5) is 34.8. The molecule has 4 aromatic heterocycles. The van der Waals surface area contributed by atoms with Crippen LogP contribution in [0.2, 0.25) is 0 Å². The van der Waals surface area contributed by atoms with E-state index in [1.807, 2.05) is 24.3 Å². The van der Waals surface area contributed by atoms with E-state index in [1.165, 1.54) is 44.9 Å². The molecule has 538 valence electrons. The van der Waals surface area contributed by atoms with Crippen LogP contribution in [0.25, 0.3) is 63.0 Å². The number of allylic oxidation sites excluding steroid dienone is 6. The van der Waals surface area contributed by atoms with Gasteiger partial charge in [0.05, 0.1) is 30.3 Å². The van der Waals surface area contributed by atoms with Gasteiger partial charge >= 0.3 is 0 Å². The van der Waals surface area contributed by atoms with Gasteiger partial charge in [-0.1, -0.05) is 202 Å². The van der Waals surface area contributed by atoms with Crippen molar-refractivity contribution >= 4 is 100 Å². The summed E-state index contributed by atoms with van der Waals surface area (Å²) >= 11 is 6.47. The van der Waals surface area contributed by atoms with Crippen LogP contribution >= 0.6 is 45.3 Å². The minimum Gasteiger partial charge on any atom is -0.289 e. The predicted molar refractivity (Wildman–Crippen MR) is 433 cm³/mol. The van der Waals surface area contributed by atoms with Crippen LogP contribution in [0.4, 0.5) is 17.6 Å². The molecule has 0 amide bonds. The molecule has 0 saturated carbocycles. The molecule has 0 saturated heterocycles. The van der Waals surface area contributed by atoms with Gasteiger partial charge in [0, 0.05) is 52.6 Å². The zero-order valence-electron chi connectivity index (χ0n) is 60.9. The molecule has 108 heavy (non-hydrogen) atoms. The lowest BCUT2D eigenvalue weighted by Crippen LogP contribution is -2.28. The number of thiophene rings is 4. The molecular formula is C94H78F4N4O2S4. The molecule has 0 radical (unpaired) electrons. The van der Waals surface area contributed by atoms with Crippen molar-refractivity contribution in [1.82, 2.24) is 0 Å². The highest BCUT2D eigenvalue weighted by Gasteiger charge is 2.53. The summed E-state index contributed by atoms with van der Waals surface area (Å²) in [6.07, 6.45) is 25.0. The Kier molecular flexibility index (Phi) is 20.9. The van der Waals surface area contributed by atoms with Crippen molar-refractivity contribution in [3.8, 4) is 43.8 Å². The molecule has 4 heterocycles. The number of fused-ring (bicyclic) bond motifs is 12. The van der Waals surface area contributed by atoms with Crippen LogP contribution in [0.1, 0.15) is 239 Å². The summed E-state index contributed by atoms with van der Waals surface area (Å²) in [6, 6.07) is 56.9. The Morgan fingerprint density at radius 3 is 0.926 bits per heavy atom. The zero-order valence-corrected chi connectivity index (χ0v) is 64.2. The number of benzene rings is 7. The molecule has 4 aliphatic carbocycles. The number of rotatable bonds is 26. The number of ketones is 2. The van der Waals surface area contributed by atoms with Gasteiger partial charge in [0.25, 0.3) is 0 Å². The average Bonchev–Trinajstić information content (AvgIpc) is 1.50. The monoisotopic (exact) mass is 1500 g/mol. The summed E-state index contributed by atoms with van der Waals surface area (Å²) in [6.45, 7) is 8.88. The Morgan fingerprint density at radius 1 is 0.361 bits per heavy atom. The summed E-state index contributed by atoms with van der Waals surface area (Å²) < 4.78 is 62.9. The number of aryl methyl sites for hydroxylation is 4. The van der Waals surface area contributed by atoms with E-state index < -0.39 is 45.7 Å². The first-order chi connectivity index (χ1) is 52.7. The van der Waals surface area contributed by atoms with Crippen molar-refractivity contribution in [3.63, 3.8) is 0 Å². The van der Waals surface area contributed by atoms with Gasteiger partial charge in [-0.2, -0.15) is 21.0 Å². The number of nitrogens with zero attached hydrogens (tertiary/aromatic N) is 4. The molecule has 0 unspecified atom stereocenters. The van der Waals surface area contributed by atoms with Gasteiger partial charge in [0.15, 0.2) is 34.8 Å². The number of halogens is 4. The molecule has 6 nitrogen and oxygen atoms in total. The topological polar surface area (TPSA) is 129 Å². The molecular weight excluding hydrogens is 1420 g/mol. The maximum atomic E-state index is 15.2. The number of Topliss-reactive ketones (excluding diaryl/α,β-unsaturated/α-hetero) is 2. The van der Waals surface area contributed by atoms with Crippen molar-refractivity contribution in [1.29, 1.82) is 21.0 Å². The van der Waals surface area contributed by atoms with Gasteiger partial charge in [-0.25, -0.2) is 17.6 Å². The van der Waals surface area contributed by atoms with E-state index in [1.54, 1.807) is 34.8 Å². The van der Waals surface area contributed by atoms with Crippen molar-refractivity contribution < 1.29 is 27.2 Å². The van der Waals surface area contributed by atoms with Gasteiger partial charge in [0.1, 0.15) is 35.4 Å². The lowest BCUT2D eigenvalue weighted by molar-refractivity contribution is 0.103. The second-order valence-corrected chi connectivity index (χ2v) is 33.4. The molecule has 14 heteroatoms. The maximum Gasteiger partial charge on any atom is 0.194 e. The first-order valence-corrected chi connectivity index (χ1v) is 41.3. The maximum absolute atomic E-state index is 15.2. The lowest BCUT2D eigenvalue weighted by Gasteiger charge is -2.34. The van der Waals surface area contributed by atoms with E-state index in [0.29, 0.717) is 9.75 Å². The summed E-state index contributed by atoms with van der Waals surface area (Å²) in [5.41, 5.74) is 10.4. The molecule has 11 aromatic rings. The number of carbonyl (C=O) groups is 2. The average molecular weight is 1500 g/mol. The highest BCUT2D eigenvalue weighted by molar-refractivity contribution is 7.28. The number of nitriles is 4. The molecule has 4 aliphatic rings.